The summed E-state index contributed by atoms with van der Waals surface area (Å²) in [6.45, 7) is 0. The molecule has 0 unspecified atom stereocenters. The van der Waals surface area contributed by atoms with Gasteiger partial charge in [-0.2, -0.15) is 0 Å². The van der Waals surface area contributed by atoms with Crippen LogP contribution in [0.4, 0.5) is 5.88 Å². The van der Waals surface area contributed by atoms with Crippen molar-refractivity contribution in [1.29, 1.82) is 0 Å². The average Bonchev–Trinajstić information content (AvgIpc) is 2.66. The monoisotopic (exact) mass is 218 g/mol. The van der Waals surface area contributed by atoms with Crippen LogP contribution in [0.15, 0.2) is 47.1 Å². The van der Waals surface area contributed by atoms with Crippen LogP contribution in [-0.4, -0.2) is 5.03 Å². The molecule has 0 bridgehead atoms. The molecule has 0 saturated carbocycles. The van der Waals surface area contributed by atoms with Crippen molar-refractivity contribution in [2.75, 3.05) is 5.43 Å². The first-order chi connectivity index (χ1) is 7.75. The molecular weight excluding hydrogens is 208 g/mol. The predicted molar refractivity (Wildman–Crippen MR) is 58.6 cm³/mol. The molecule has 0 saturated heterocycles. The van der Waals surface area contributed by atoms with E-state index < -0.39 is 5.03 Å². The van der Waals surface area contributed by atoms with Crippen LogP contribution in [0.5, 0.6) is 0 Å². The van der Waals surface area contributed by atoms with Crippen LogP contribution in [0.1, 0.15) is 11.1 Å². The van der Waals surface area contributed by atoms with Crippen molar-refractivity contribution in [2.24, 2.45) is 0 Å². The molecule has 2 rings (SSSR count). The van der Waals surface area contributed by atoms with Crippen molar-refractivity contribution in [3.8, 4) is 0 Å². The molecule has 82 valence electrons. The van der Waals surface area contributed by atoms with Crippen molar-refractivity contribution in [3.05, 3.63) is 63.9 Å². The van der Waals surface area contributed by atoms with Gasteiger partial charge in [0.05, 0.1) is 6.26 Å². The van der Waals surface area contributed by atoms with E-state index in [9.17, 15) is 10.1 Å². The molecular formula is C11H10N2O3. The molecule has 1 N–H and O–H groups in total. The summed E-state index contributed by atoms with van der Waals surface area (Å²) in [6.07, 6.45) is 2.04. The van der Waals surface area contributed by atoms with Gasteiger partial charge in [-0.15, -0.1) is 0 Å². The Balaban J connectivity index is 2.16. The molecule has 1 aromatic carbocycles. The van der Waals surface area contributed by atoms with E-state index in [4.69, 9.17) is 4.42 Å². The van der Waals surface area contributed by atoms with E-state index in [0.29, 0.717) is 6.42 Å². The van der Waals surface area contributed by atoms with Crippen molar-refractivity contribution in [2.45, 2.75) is 6.42 Å². The van der Waals surface area contributed by atoms with E-state index in [0.717, 1.165) is 11.1 Å². The molecule has 0 atom stereocenters. The largest absolute Gasteiger partial charge is 0.444 e. The molecule has 0 amide bonds. The molecule has 1 aromatic heterocycles. The van der Waals surface area contributed by atoms with E-state index in [1.165, 1.54) is 6.26 Å². The van der Waals surface area contributed by atoms with Crippen LogP contribution < -0.4 is 5.43 Å². The second kappa shape index (κ2) is 4.48. The maximum absolute atomic E-state index is 10.3. The minimum Gasteiger partial charge on any atom is -0.444 e. The minimum absolute atomic E-state index is 0.189. The second-order valence-electron chi connectivity index (χ2n) is 3.31. The van der Waals surface area contributed by atoms with Crippen molar-refractivity contribution < 1.29 is 9.45 Å². The quantitative estimate of drug-likeness (QED) is 0.632. The van der Waals surface area contributed by atoms with Gasteiger partial charge in [0.2, 0.25) is 0 Å². The number of nitro groups is 1. The molecule has 0 aliphatic rings. The summed E-state index contributed by atoms with van der Waals surface area (Å²) in [5.41, 5.74) is 3.87. The number of nitrogens with one attached hydrogen (secondary N) is 1. The van der Waals surface area contributed by atoms with Crippen LogP contribution in [0, 0.1) is 10.1 Å². The van der Waals surface area contributed by atoms with Crippen molar-refractivity contribution in [3.63, 3.8) is 0 Å². The van der Waals surface area contributed by atoms with Crippen LogP contribution in [0.25, 0.3) is 0 Å². The number of anilines is 1. The molecule has 1 heterocycles. The second-order valence-corrected chi connectivity index (χ2v) is 3.31. The first-order valence-electron chi connectivity index (χ1n) is 4.77. The fourth-order valence-corrected chi connectivity index (χ4v) is 1.47. The molecule has 0 radical (unpaired) electrons. The molecule has 16 heavy (non-hydrogen) atoms. The Hall–Kier alpha value is -2.30. The van der Waals surface area contributed by atoms with Gasteiger partial charge < -0.3 is 4.42 Å². The number of rotatable bonds is 4. The Morgan fingerprint density at radius 1 is 1.25 bits per heavy atom. The molecule has 0 aliphatic carbocycles. The Kier molecular flexibility index (Phi) is 2.86. The highest BCUT2D eigenvalue weighted by atomic mass is 16.7. The van der Waals surface area contributed by atoms with Gasteiger partial charge in [0.15, 0.2) is 5.03 Å². The predicted octanol–water partition coefficient (Wildman–Crippen LogP) is 2.47. The van der Waals surface area contributed by atoms with E-state index in [1.807, 2.05) is 35.8 Å². The van der Waals surface area contributed by atoms with Gasteiger partial charge >= 0.3 is 0 Å². The Morgan fingerprint density at radius 3 is 2.69 bits per heavy atom. The Labute approximate surface area is 91.8 Å². The molecule has 0 fully saturated rings. The molecule has 0 aliphatic heterocycles. The van der Waals surface area contributed by atoms with E-state index >= 15 is 0 Å². The van der Waals surface area contributed by atoms with E-state index in [2.05, 4.69) is 0 Å². The van der Waals surface area contributed by atoms with Gasteiger partial charge in [0.25, 0.3) is 5.88 Å². The van der Waals surface area contributed by atoms with Crippen LogP contribution in [-0.2, 0) is 6.42 Å². The summed E-state index contributed by atoms with van der Waals surface area (Å²) in [6, 6.07) is 11.4. The van der Waals surface area contributed by atoms with Crippen molar-refractivity contribution >= 4 is 5.88 Å². The number of nitrogens with zero attached hydrogens (tertiary/aromatic N) is 1. The molecule has 2 aromatic rings. The lowest BCUT2D eigenvalue weighted by Crippen LogP contribution is -2.08. The van der Waals surface area contributed by atoms with Crippen molar-refractivity contribution in [1.82, 2.24) is 0 Å². The highest BCUT2D eigenvalue weighted by Crippen LogP contribution is 2.20. The zero-order valence-corrected chi connectivity index (χ0v) is 8.42. The highest BCUT2D eigenvalue weighted by Gasteiger charge is 2.10. The number of hydrogen-bond acceptors (Lipinski definition) is 3. The molecule has 5 nitrogen and oxygen atoms in total. The summed E-state index contributed by atoms with van der Waals surface area (Å²) in [7, 11) is 0. The number of hydrazine groups is 1. The minimum atomic E-state index is -0.632. The van der Waals surface area contributed by atoms with E-state index in [-0.39, 0.29) is 5.88 Å². The SMILES string of the molecule is O=[N+]([O-])Nc1occc1Cc1ccccc1. The zero-order valence-electron chi connectivity index (χ0n) is 8.42. The lowest BCUT2D eigenvalue weighted by atomic mass is 10.1. The number of benzene rings is 1. The fourth-order valence-electron chi connectivity index (χ4n) is 1.47. The van der Waals surface area contributed by atoms with Gasteiger partial charge in [-0.05, 0) is 11.6 Å². The third kappa shape index (κ3) is 2.38. The van der Waals surface area contributed by atoms with Gasteiger partial charge in [-0.25, -0.2) is 10.1 Å². The topological polar surface area (TPSA) is 68.3 Å². The van der Waals surface area contributed by atoms with Gasteiger partial charge in [0.1, 0.15) is 0 Å². The summed E-state index contributed by atoms with van der Waals surface area (Å²) in [5, 5.41) is 9.67. The first-order valence-corrected chi connectivity index (χ1v) is 4.77. The van der Waals surface area contributed by atoms with Gasteiger partial charge in [-0.1, -0.05) is 35.8 Å². The van der Waals surface area contributed by atoms with E-state index in [1.54, 1.807) is 6.07 Å². The third-order valence-corrected chi connectivity index (χ3v) is 2.18. The smallest absolute Gasteiger partial charge is 0.257 e. The lowest BCUT2D eigenvalue weighted by Gasteiger charge is -2.00. The standard InChI is InChI=1S/C11H10N2O3/c14-13(15)12-11-10(6-7-16-11)8-9-4-2-1-3-5-9/h1-7,12H,8H2. The lowest BCUT2D eigenvalue weighted by molar-refractivity contribution is -0.446. The summed E-state index contributed by atoms with van der Waals surface area (Å²) in [4.78, 5) is 10.3. The average molecular weight is 218 g/mol. The molecule has 0 spiro atoms. The maximum atomic E-state index is 10.3. The zero-order chi connectivity index (χ0) is 11.4. The van der Waals surface area contributed by atoms with Gasteiger partial charge in [0, 0.05) is 12.0 Å². The van der Waals surface area contributed by atoms with Crippen LogP contribution >= 0.6 is 0 Å². The summed E-state index contributed by atoms with van der Waals surface area (Å²) >= 11 is 0. The Morgan fingerprint density at radius 2 is 2.00 bits per heavy atom. The first kappa shape index (κ1) is 10.2. The fraction of sp³-hybridized carbons (Fsp3) is 0.0909. The van der Waals surface area contributed by atoms with Gasteiger partial charge in [-0.3, -0.25) is 0 Å². The highest BCUT2D eigenvalue weighted by molar-refractivity contribution is 5.42. The maximum Gasteiger partial charge on any atom is 0.257 e. The number of hydrogen-bond donors (Lipinski definition) is 1. The summed E-state index contributed by atoms with van der Waals surface area (Å²) < 4.78 is 4.99. The molecule has 5 heteroatoms. The Bertz CT molecular complexity index is 479. The number of furan rings is 1. The van der Waals surface area contributed by atoms with Crippen LogP contribution in [0.3, 0.4) is 0 Å². The third-order valence-electron chi connectivity index (χ3n) is 2.18. The van der Waals surface area contributed by atoms with Crippen LogP contribution in [0.2, 0.25) is 0 Å². The normalized spacial score (nSPS) is 10.0. The summed E-state index contributed by atoms with van der Waals surface area (Å²) in [5.74, 6) is 0.189.